The van der Waals surface area contributed by atoms with E-state index in [0.717, 1.165) is 18.5 Å². The van der Waals surface area contributed by atoms with E-state index in [4.69, 9.17) is 0 Å². The van der Waals surface area contributed by atoms with Crippen LogP contribution < -0.4 is 10.6 Å². The summed E-state index contributed by atoms with van der Waals surface area (Å²) >= 11 is 0. The van der Waals surface area contributed by atoms with E-state index in [2.05, 4.69) is 28.8 Å². The number of anilines is 1. The first kappa shape index (κ1) is 11.8. The minimum atomic E-state index is -0.0570. The number of benzene rings is 1. The first-order valence-electron chi connectivity index (χ1n) is 5.98. The molecule has 1 heterocycles. The van der Waals surface area contributed by atoms with Gasteiger partial charge in [0.25, 0.3) is 0 Å². The molecule has 0 saturated heterocycles. The Morgan fingerprint density at radius 3 is 3.06 bits per heavy atom. The number of rotatable bonds is 2. The molecule has 2 rings (SSSR count). The monoisotopic (exact) mass is 233 g/mol. The van der Waals surface area contributed by atoms with Crippen LogP contribution in [-0.2, 0) is 13.0 Å². The minimum Gasteiger partial charge on any atom is -0.385 e. The molecule has 0 aromatic heterocycles. The first-order valence-corrected chi connectivity index (χ1v) is 5.98. The lowest BCUT2D eigenvalue weighted by molar-refractivity contribution is 0.217. The number of nitrogens with one attached hydrogen (secondary N) is 2. The van der Waals surface area contributed by atoms with Gasteiger partial charge < -0.3 is 15.5 Å². The van der Waals surface area contributed by atoms with Crippen LogP contribution in [0.15, 0.2) is 18.2 Å². The Morgan fingerprint density at radius 2 is 2.29 bits per heavy atom. The third-order valence-corrected chi connectivity index (χ3v) is 3.00. The maximum atomic E-state index is 11.5. The molecular weight excluding hydrogens is 214 g/mol. The van der Waals surface area contributed by atoms with Crippen molar-refractivity contribution >= 4 is 11.7 Å². The van der Waals surface area contributed by atoms with Crippen molar-refractivity contribution in [3.8, 4) is 0 Å². The van der Waals surface area contributed by atoms with Gasteiger partial charge in [0.2, 0.25) is 0 Å². The molecule has 2 N–H and O–H groups in total. The lowest BCUT2D eigenvalue weighted by atomic mass is 9.99. The van der Waals surface area contributed by atoms with E-state index in [9.17, 15) is 4.79 Å². The highest BCUT2D eigenvalue weighted by Gasteiger charge is 2.12. The van der Waals surface area contributed by atoms with Gasteiger partial charge in [-0.1, -0.05) is 18.2 Å². The van der Waals surface area contributed by atoms with Crippen molar-refractivity contribution in [2.75, 3.05) is 26.0 Å². The number of hydrogen-bond acceptors (Lipinski definition) is 2. The molecule has 4 heteroatoms. The van der Waals surface area contributed by atoms with Crippen LogP contribution in [0, 0.1) is 0 Å². The quantitative estimate of drug-likeness (QED) is 0.818. The molecule has 0 radical (unpaired) electrons. The van der Waals surface area contributed by atoms with Gasteiger partial charge in [-0.15, -0.1) is 0 Å². The normalized spacial score (nSPS) is 13.5. The van der Waals surface area contributed by atoms with Crippen LogP contribution in [-0.4, -0.2) is 31.6 Å². The molecule has 1 aromatic carbocycles. The van der Waals surface area contributed by atoms with Crippen molar-refractivity contribution in [1.82, 2.24) is 10.2 Å². The Morgan fingerprint density at radius 1 is 1.47 bits per heavy atom. The number of carbonyl (C=O) groups excluding carboxylic acids is 1. The van der Waals surface area contributed by atoms with Crippen LogP contribution >= 0.6 is 0 Å². The van der Waals surface area contributed by atoms with Crippen molar-refractivity contribution in [2.45, 2.75) is 19.4 Å². The Balaban J connectivity index is 2.08. The predicted octanol–water partition coefficient (Wildman–Crippen LogP) is 1.82. The second kappa shape index (κ2) is 5.08. The second-order valence-electron chi connectivity index (χ2n) is 4.53. The molecule has 0 atom stereocenters. The molecule has 92 valence electrons. The van der Waals surface area contributed by atoms with Crippen LogP contribution in [0.3, 0.4) is 0 Å². The second-order valence-corrected chi connectivity index (χ2v) is 4.53. The summed E-state index contributed by atoms with van der Waals surface area (Å²) < 4.78 is 0. The van der Waals surface area contributed by atoms with E-state index in [1.54, 1.807) is 19.0 Å². The van der Waals surface area contributed by atoms with Gasteiger partial charge in [0, 0.05) is 32.9 Å². The first-order chi connectivity index (χ1) is 8.18. The molecule has 1 aliphatic rings. The van der Waals surface area contributed by atoms with Gasteiger partial charge in [-0.25, -0.2) is 4.79 Å². The summed E-state index contributed by atoms with van der Waals surface area (Å²) in [7, 11) is 3.49. The summed E-state index contributed by atoms with van der Waals surface area (Å²) in [5, 5.41) is 6.31. The molecule has 0 fully saturated rings. The molecule has 0 saturated carbocycles. The fraction of sp³-hybridized carbons (Fsp3) is 0.462. The Labute approximate surface area is 102 Å². The lowest BCUT2D eigenvalue weighted by Gasteiger charge is -2.21. The van der Waals surface area contributed by atoms with Crippen molar-refractivity contribution in [3.05, 3.63) is 29.3 Å². The SMILES string of the molecule is CN(C)C(=O)NCc1cccc2c1NCCC2. The lowest BCUT2D eigenvalue weighted by Crippen LogP contribution is -2.34. The molecule has 2 amide bonds. The molecule has 0 unspecified atom stereocenters. The zero-order chi connectivity index (χ0) is 12.3. The highest BCUT2D eigenvalue weighted by atomic mass is 16.2. The standard InChI is InChI=1S/C13H19N3O/c1-16(2)13(17)15-9-11-6-3-5-10-7-4-8-14-12(10)11/h3,5-6,14H,4,7-9H2,1-2H3,(H,15,17). The van der Waals surface area contributed by atoms with Crippen molar-refractivity contribution < 1.29 is 4.79 Å². The van der Waals surface area contributed by atoms with Crippen LogP contribution in [0.25, 0.3) is 0 Å². The highest BCUT2D eigenvalue weighted by molar-refractivity contribution is 5.74. The van der Waals surface area contributed by atoms with Gasteiger partial charge in [-0.3, -0.25) is 0 Å². The number of urea groups is 1. The Kier molecular flexibility index (Phi) is 3.52. The van der Waals surface area contributed by atoms with E-state index in [1.807, 2.05) is 0 Å². The number of fused-ring (bicyclic) bond motifs is 1. The van der Waals surface area contributed by atoms with E-state index < -0.39 is 0 Å². The minimum absolute atomic E-state index is 0.0570. The maximum Gasteiger partial charge on any atom is 0.317 e. The molecule has 0 bridgehead atoms. The zero-order valence-corrected chi connectivity index (χ0v) is 10.4. The van der Waals surface area contributed by atoms with Gasteiger partial charge in [-0.05, 0) is 24.0 Å². The largest absolute Gasteiger partial charge is 0.385 e. The van der Waals surface area contributed by atoms with Crippen molar-refractivity contribution in [1.29, 1.82) is 0 Å². The fourth-order valence-electron chi connectivity index (χ4n) is 2.06. The summed E-state index contributed by atoms with van der Waals surface area (Å²) in [5.74, 6) is 0. The van der Waals surface area contributed by atoms with E-state index in [-0.39, 0.29) is 6.03 Å². The van der Waals surface area contributed by atoms with E-state index in [1.165, 1.54) is 17.7 Å². The topological polar surface area (TPSA) is 44.4 Å². The van der Waals surface area contributed by atoms with Gasteiger partial charge >= 0.3 is 6.03 Å². The van der Waals surface area contributed by atoms with Gasteiger partial charge in [0.1, 0.15) is 0 Å². The van der Waals surface area contributed by atoms with Crippen LogP contribution in [0.2, 0.25) is 0 Å². The van der Waals surface area contributed by atoms with Gasteiger partial charge in [0.05, 0.1) is 0 Å². The molecule has 4 nitrogen and oxygen atoms in total. The predicted molar refractivity (Wildman–Crippen MR) is 69.2 cm³/mol. The molecule has 1 aromatic rings. The number of para-hydroxylation sites is 1. The van der Waals surface area contributed by atoms with Crippen molar-refractivity contribution in [3.63, 3.8) is 0 Å². The molecule has 0 aliphatic carbocycles. The number of hydrogen-bond donors (Lipinski definition) is 2. The van der Waals surface area contributed by atoms with E-state index >= 15 is 0 Å². The Bertz CT molecular complexity index is 415. The van der Waals surface area contributed by atoms with Crippen LogP contribution in [0.5, 0.6) is 0 Å². The molecule has 0 spiro atoms. The van der Waals surface area contributed by atoms with Crippen LogP contribution in [0.1, 0.15) is 17.5 Å². The van der Waals surface area contributed by atoms with Gasteiger partial charge in [-0.2, -0.15) is 0 Å². The molecule has 17 heavy (non-hydrogen) atoms. The fourth-order valence-corrected chi connectivity index (χ4v) is 2.06. The smallest absolute Gasteiger partial charge is 0.317 e. The Hall–Kier alpha value is -1.71. The number of amides is 2. The third kappa shape index (κ3) is 2.70. The van der Waals surface area contributed by atoms with Crippen molar-refractivity contribution in [2.24, 2.45) is 0 Å². The maximum absolute atomic E-state index is 11.5. The summed E-state index contributed by atoms with van der Waals surface area (Å²) in [6.07, 6.45) is 2.30. The summed E-state index contributed by atoms with van der Waals surface area (Å²) in [4.78, 5) is 13.0. The molecule has 1 aliphatic heterocycles. The molecular formula is C13H19N3O. The average molecular weight is 233 g/mol. The van der Waals surface area contributed by atoms with Crippen LogP contribution in [0.4, 0.5) is 10.5 Å². The summed E-state index contributed by atoms with van der Waals surface area (Å²) in [5.41, 5.74) is 3.73. The summed E-state index contributed by atoms with van der Waals surface area (Å²) in [6, 6.07) is 6.22. The number of nitrogens with zero attached hydrogens (tertiary/aromatic N) is 1. The number of carbonyl (C=O) groups is 1. The zero-order valence-electron chi connectivity index (χ0n) is 10.4. The highest BCUT2D eigenvalue weighted by Crippen LogP contribution is 2.25. The van der Waals surface area contributed by atoms with Gasteiger partial charge in [0.15, 0.2) is 0 Å². The summed E-state index contributed by atoms with van der Waals surface area (Å²) in [6.45, 7) is 1.60. The third-order valence-electron chi connectivity index (χ3n) is 3.00. The average Bonchev–Trinajstić information content (AvgIpc) is 2.35. The number of aryl methyl sites for hydroxylation is 1. The van der Waals surface area contributed by atoms with E-state index in [0.29, 0.717) is 6.54 Å².